The number of ether oxygens (including phenoxy) is 2. The molecule has 0 aliphatic carbocycles. The number of rotatable bonds is 4. The zero-order chi connectivity index (χ0) is 13.1. The summed E-state index contributed by atoms with van der Waals surface area (Å²) in [5.41, 5.74) is 1.03. The van der Waals surface area contributed by atoms with Crippen LogP contribution >= 0.6 is 0 Å². The second-order valence-electron chi connectivity index (χ2n) is 4.57. The highest BCUT2D eigenvalue weighted by Crippen LogP contribution is 2.20. The lowest BCUT2D eigenvalue weighted by Crippen LogP contribution is -2.18. The van der Waals surface area contributed by atoms with Gasteiger partial charge in [-0.15, -0.1) is 5.10 Å². The van der Waals surface area contributed by atoms with Gasteiger partial charge in [0.25, 0.3) is 0 Å². The minimum atomic E-state index is -0.415. The first-order valence-corrected chi connectivity index (χ1v) is 6.34. The summed E-state index contributed by atoms with van der Waals surface area (Å²) in [5, 5.41) is 7.87. The highest BCUT2D eigenvalue weighted by Gasteiger charge is 2.24. The Hall–Kier alpha value is -1.43. The van der Waals surface area contributed by atoms with E-state index in [0.717, 1.165) is 18.5 Å². The molecule has 2 unspecified atom stereocenters. The van der Waals surface area contributed by atoms with Crippen molar-refractivity contribution in [2.45, 2.75) is 52.4 Å². The number of esters is 1. The van der Waals surface area contributed by atoms with Gasteiger partial charge in [-0.1, -0.05) is 5.21 Å². The Bertz CT molecular complexity index is 430. The Morgan fingerprint density at radius 1 is 1.56 bits per heavy atom. The average molecular weight is 253 g/mol. The molecule has 2 rings (SSSR count). The minimum Gasteiger partial charge on any atom is -0.461 e. The topological polar surface area (TPSA) is 66.2 Å². The summed E-state index contributed by atoms with van der Waals surface area (Å²) in [6, 6.07) is 0. The predicted molar refractivity (Wildman–Crippen MR) is 64.3 cm³/mol. The third kappa shape index (κ3) is 2.69. The molecule has 18 heavy (non-hydrogen) atoms. The molecule has 1 aromatic rings. The molecule has 1 aliphatic heterocycles. The normalized spacial score (nSPS) is 23.3. The highest BCUT2D eigenvalue weighted by atomic mass is 16.5. The number of aromatic nitrogens is 3. The Labute approximate surface area is 106 Å². The number of carbonyl (C=O) groups is 1. The molecule has 0 radical (unpaired) electrons. The van der Waals surface area contributed by atoms with Gasteiger partial charge in [-0.2, -0.15) is 0 Å². The quantitative estimate of drug-likeness (QED) is 0.757. The lowest BCUT2D eigenvalue weighted by molar-refractivity contribution is 0.0428. The first-order valence-electron chi connectivity index (χ1n) is 6.34. The van der Waals surface area contributed by atoms with Gasteiger partial charge in [0.15, 0.2) is 5.69 Å². The zero-order valence-electron chi connectivity index (χ0n) is 11.0. The van der Waals surface area contributed by atoms with E-state index in [0.29, 0.717) is 24.9 Å². The van der Waals surface area contributed by atoms with E-state index in [4.69, 9.17) is 9.47 Å². The summed E-state index contributed by atoms with van der Waals surface area (Å²) in [7, 11) is 0. The van der Waals surface area contributed by atoms with E-state index in [1.807, 2.05) is 6.92 Å². The first-order chi connectivity index (χ1) is 8.61. The van der Waals surface area contributed by atoms with Crippen molar-refractivity contribution >= 4 is 5.97 Å². The summed E-state index contributed by atoms with van der Waals surface area (Å²) < 4.78 is 12.4. The van der Waals surface area contributed by atoms with E-state index < -0.39 is 5.97 Å². The summed E-state index contributed by atoms with van der Waals surface area (Å²) in [6.45, 7) is 6.64. The van der Waals surface area contributed by atoms with Crippen LogP contribution in [0.1, 0.15) is 42.9 Å². The van der Waals surface area contributed by atoms with Crippen LogP contribution < -0.4 is 0 Å². The Kier molecular flexibility index (Phi) is 3.96. The first kappa shape index (κ1) is 13.0. The lowest BCUT2D eigenvalue weighted by Gasteiger charge is -2.11. The smallest absolute Gasteiger partial charge is 0.360 e. The van der Waals surface area contributed by atoms with E-state index in [-0.39, 0.29) is 6.10 Å². The van der Waals surface area contributed by atoms with Gasteiger partial charge < -0.3 is 9.47 Å². The highest BCUT2D eigenvalue weighted by molar-refractivity contribution is 5.88. The van der Waals surface area contributed by atoms with Gasteiger partial charge in [0.05, 0.1) is 31.1 Å². The largest absolute Gasteiger partial charge is 0.461 e. The van der Waals surface area contributed by atoms with Crippen LogP contribution in [-0.2, 0) is 16.0 Å². The monoisotopic (exact) mass is 253 g/mol. The van der Waals surface area contributed by atoms with Crippen LogP contribution in [0.15, 0.2) is 0 Å². The standard InChI is InChI=1S/C12H19N3O3/c1-4-17-12(16)11-9(3)15(14-13-11)7-10-6-5-8(2)18-10/h8,10H,4-7H2,1-3H3. The summed E-state index contributed by atoms with van der Waals surface area (Å²) >= 11 is 0. The van der Waals surface area contributed by atoms with Gasteiger partial charge >= 0.3 is 5.97 Å². The van der Waals surface area contributed by atoms with E-state index >= 15 is 0 Å². The molecule has 0 N–H and O–H groups in total. The maximum Gasteiger partial charge on any atom is 0.360 e. The summed E-state index contributed by atoms with van der Waals surface area (Å²) in [6.07, 6.45) is 2.57. The SMILES string of the molecule is CCOC(=O)c1nnn(CC2CCC(C)O2)c1C. The molecule has 2 heterocycles. The van der Waals surface area contributed by atoms with Crippen molar-refractivity contribution in [3.05, 3.63) is 11.4 Å². The van der Waals surface area contributed by atoms with Crippen LogP contribution in [-0.4, -0.2) is 39.8 Å². The fourth-order valence-corrected chi connectivity index (χ4v) is 2.13. The summed E-state index contributed by atoms with van der Waals surface area (Å²) in [5.74, 6) is -0.415. The van der Waals surface area contributed by atoms with Crippen molar-refractivity contribution in [2.75, 3.05) is 6.61 Å². The molecule has 2 atom stereocenters. The molecule has 0 spiro atoms. The maximum atomic E-state index is 11.6. The third-order valence-electron chi connectivity index (χ3n) is 3.15. The second kappa shape index (κ2) is 5.48. The average Bonchev–Trinajstić information content (AvgIpc) is 2.88. The molecular weight excluding hydrogens is 234 g/mol. The molecule has 0 amide bonds. The fourth-order valence-electron chi connectivity index (χ4n) is 2.13. The van der Waals surface area contributed by atoms with Crippen LogP contribution in [0.2, 0.25) is 0 Å². The van der Waals surface area contributed by atoms with Gasteiger partial charge in [-0.05, 0) is 33.6 Å². The van der Waals surface area contributed by atoms with Crippen LogP contribution in [0, 0.1) is 6.92 Å². The molecule has 1 saturated heterocycles. The zero-order valence-corrected chi connectivity index (χ0v) is 11.0. The Balaban J connectivity index is 2.04. The van der Waals surface area contributed by atoms with Crippen LogP contribution in [0.25, 0.3) is 0 Å². The van der Waals surface area contributed by atoms with Crippen molar-refractivity contribution in [2.24, 2.45) is 0 Å². The van der Waals surface area contributed by atoms with Crippen molar-refractivity contribution in [1.82, 2.24) is 15.0 Å². The molecule has 0 aromatic carbocycles. The molecule has 6 nitrogen and oxygen atoms in total. The second-order valence-corrected chi connectivity index (χ2v) is 4.57. The fraction of sp³-hybridized carbons (Fsp3) is 0.750. The van der Waals surface area contributed by atoms with Gasteiger partial charge in [-0.3, -0.25) is 0 Å². The molecule has 0 saturated carbocycles. The number of nitrogens with zero attached hydrogens (tertiary/aromatic N) is 3. The van der Waals surface area contributed by atoms with E-state index in [2.05, 4.69) is 17.2 Å². The van der Waals surface area contributed by atoms with E-state index in [1.165, 1.54) is 0 Å². The molecule has 1 fully saturated rings. The molecule has 1 aromatic heterocycles. The molecule has 0 bridgehead atoms. The number of carbonyl (C=O) groups excluding carboxylic acids is 1. The van der Waals surface area contributed by atoms with Crippen LogP contribution in [0.4, 0.5) is 0 Å². The third-order valence-corrected chi connectivity index (χ3v) is 3.15. The van der Waals surface area contributed by atoms with Gasteiger partial charge in [0.2, 0.25) is 0 Å². The van der Waals surface area contributed by atoms with Crippen molar-refractivity contribution < 1.29 is 14.3 Å². The van der Waals surface area contributed by atoms with Crippen LogP contribution in [0.5, 0.6) is 0 Å². The Morgan fingerprint density at radius 2 is 2.33 bits per heavy atom. The lowest BCUT2D eigenvalue weighted by atomic mass is 10.2. The summed E-state index contributed by atoms with van der Waals surface area (Å²) in [4.78, 5) is 11.6. The number of hydrogen-bond acceptors (Lipinski definition) is 5. The number of hydrogen-bond donors (Lipinski definition) is 0. The maximum absolute atomic E-state index is 11.6. The molecular formula is C12H19N3O3. The van der Waals surface area contributed by atoms with Gasteiger partial charge in [-0.25, -0.2) is 9.48 Å². The van der Waals surface area contributed by atoms with Crippen molar-refractivity contribution in [3.8, 4) is 0 Å². The van der Waals surface area contributed by atoms with Crippen molar-refractivity contribution in [3.63, 3.8) is 0 Å². The molecule has 6 heteroatoms. The van der Waals surface area contributed by atoms with Gasteiger partial charge in [0.1, 0.15) is 0 Å². The van der Waals surface area contributed by atoms with E-state index in [1.54, 1.807) is 11.6 Å². The van der Waals surface area contributed by atoms with Gasteiger partial charge in [0, 0.05) is 0 Å². The van der Waals surface area contributed by atoms with Crippen LogP contribution in [0.3, 0.4) is 0 Å². The minimum absolute atomic E-state index is 0.162. The van der Waals surface area contributed by atoms with Crippen molar-refractivity contribution in [1.29, 1.82) is 0 Å². The van der Waals surface area contributed by atoms with E-state index in [9.17, 15) is 4.79 Å². The molecule has 100 valence electrons. The predicted octanol–water partition coefficient (Wildman–Crippen LogP) is 1.33. The molecule has 1 aliphatic rings. The Morgan fingerprint density at radius 3 is 2.94 bits per heavy atom.